The van der Waals surface area contributed by atoms with Gasteiger partial charge in [-0.05, 0) is 28.3 Å². The molecule has 0 bridgehead atoms. The summed E-state index contributed by atoms with van der Waals surface area (Å²) in [4.78, 5) is 18.2. The van der Waals surface area contributed by atoms with Crippen molar-refractivity contribution in [2.75, 3.05) is 0 Å². The van der Waals surface area contributed by atoms with Crippen molar-refractivity contribution in [3.63, 3.8) is 0 Å². The van der Waals surface area contributed by atoms with E-state index in [1.165, 1.54) is 0 Å². The van der Waals surface area contributed by atoms with Gasteiger partial charge in [-0.1, -0.05) is 80.9 Å². The summed E-state index contributed by atoms with van der Waals surface area (Å²) in [7, 11) is 0. The van der Waals surface area contributed by atoms with Gasteiger partial charge in [0.15, 0.2) is 0 Å². The third-order valence-electron chi connectivity index (χ3n) is 6.10. The Morgan fingerprint density at radius 3 is 2.51 bits per heavy atom. The van der Waals surface area contributed by atoms with Crippen LogP contribution in [0, 0.1) is 0 Å². The van der Waals surface area contributed by atoms with Gasteiger partial charge in [-0.25, -0.2) is 4.98 Å². The number of H-pyrrole nitrogens is 1. The molecule has 9 nitrogen and oxygen atoms in total. The normalized spacial score (nSPS) is 11.5. The molecule has 3 aromatic heterocycles. The van der Waals surface area contributed by atoms with Crippen molar-refractivity contribution in [1.82, 2.24) is 35.3 Å². The lowest BCUT2D eigenvalue weighted by Crippen LogP contribution is -2.25. The minimum absolute atomic E-state index is 0.126. The van der Waals surface area contributed by atoms with E-state index in [1.807, 2.05) is 62.4 Å². The number of aromatic amines is 1. The van der Waals surface area contributed by atoms with Gasteiger partial charge in [0.25, 0.3) is 11.1 Å². The summed E-state index contributed by atoms with van der Waals surface area (Å²) >= 11 is 0. The number of aryl methyl sites for hydroxylation is 1. The summed E-state index contributed by atoms with van der Waals surface area (Å²) in [6, 6.07) is 16.1. The number of tetrazole rings is 1. The Morgan fingerprint density at radius 1 is 1.06 bits per heavy atom. The first-order valence-electron chi connectivity index (χ1n) is 11.9. The third kappa shape index (κ3) is 4.37. The molecule has 0 unspecified atom stereocenters. The summed E-state index contributed by atoms with van der Waals surface area (Å²) < 4.78 is 7.16. The molecule has 0 radical (unpaired) electrons. The van der Waals surface area contributed by atoms with Crippen LogP contribution in [0.4, 0.5) is 0 Å². The van der Waals surface area contributed by atoms with E-state index >= 15 is 0 Å². The molecule has 1 N–H and O–H groups in total. The summed E-state index contributed by atoms with van der Waals surface area (Å²) in [5.74, 6) is 1.44. The molecular weight excluding hydrogens is 442 g/mol. The minimum Gasteiger partial charge on any atom is -0.348 e. The van der Waals surface area contributed by atoms with E-state index < -0.39 is 0 Å². The second-order valence-electron chi connectivity index (χ2n) is 8.90. The molecule has 0 fully saturated rings. The van der Waals surface area contributed by atoms with Gasteiger partial charge in [0.2, 0.25) is 5.82 Å². The number of hydrogen-bond donors (Lipinski definition) is 1. The van der Waals surface area contributed by atoms with E-state index in [1.54, 1.807) is 4.57 Å². The van der Waals surface area contributed by atoms with E-state index in [4.69, 9.17) is 9.51 Å². The minimum atomic E-state index is -0.188. The maximum Gasteiger partial charge on any atom is 0.300 e. The third-order valence-corrected chi connectivity index (χ3v) is 6.10. The fraction of sp³-hybridized carbons (Fsp3) is 0.308. The Morgan fingerprint density at radius 2 is 1.83 bits per heavy atom. The first kappa shape index (κ1) is 22.6. The predicted molar refractivity (Wildman–Crippen MR) is 133 cm³/mol. The molecule has 0 atom stereocenters. The summed E-state index contributed by atoms with van der Waals surface area (Å²) in [5, 5.41) is 18.6. The second kappa shape index (κ2) is 9.61. The fourth-order valence-electron chi connectivity index (χ4n) is 4.22. The molecule has 0 aliphatic heterocycles. The van der Waals surface area contributed by atoms with Gasteiger partial charge >= 0.3 is 0 Å². The number of aromatic nitrogens is 7. The Bertz CT molecular complexity index is 1500. The highest BCUT2D eigenvalue weighted by Gasteiger charge is 2.20. The van der Waals surface area contributed by atoms with Gasteiger partial charge < -0.3 is 4.52 Å². The highest BCUT2D eigenvalue weighted by atomic mass is 16.5. The molecule has 5 aromatic rings. The van der Waals surface area contributed by atoms with Gasteiger partial charge in [0.1, 0.15) is 17.0 Å². The summed E-state index contributed by atoms with van der Waals surface area (Å²) in [6.45, 7) is 6.58. The van der Waals surface area contributed by atoms with E-state index in [0.29, 0.717) is 17.9 Å². The quantitative estimate of drug-likeness (QED) is 0.349. The highest BCUT2D eigenvalue weighted by Crippen LogP contribution is 2.30. The molecule has 0 amide bonds. The zero-order valence-electron chi connectivity index (χ0n) is 20.0. The molecule has 2 aromatic carbocycles. The molecule has 0 aliphatic carbocycles. The maximum atomic E-state index is 13.4. The highest BCUT2D eigenvalue weighted by molar-refractivity contribution is 5.80. The summed E-state index contributed by atoms with van der Waals surface area (Å²) in [6.07, 6.45) is 2.69. The van der Waals surface area contributed by atoms with E-state index in [2.05, 4.69) is 32.7 Å². The maximum absolute atomic E-state index is 13.4. The van der Waals surface area contributed by atoms with Crippen LogP contribution in [0.5, 0.6) is 0 Å². The standard InChI is InChI=1S/C26H27N7O2/c1-4-5-10-21-27-23-22(16(2)3)30-35-24(23)26(34)33(21)15-17-11-13-18(14-12-17)19-8-6-7-9-20(19)25-28-31-32-29-25/h6-9,11-14,16H,4-5,10,15H2,1-3H3,(H,28,29,31,32). The largest absolute Gasteiger partial charge is 0.348 e. The van der Waals surface area contributed by atoms with Crippen molar-refractivity contribution in [2.45, 2.75) is 52.5 Å². The molecular formula is C26H27N7O2. The van der Waals surface area contributed by atoms with Gasteiger partial charge in [-0.2, -0.15) is 5.21 Å². The number of nitrogens with one attached hydrogen (secondary N) is 1. The summed E-state index contributed by atoms with van der Waals surface area (Å²) in [5.41, 5.74) is 5.27. The number of unbranched alkanes of at least 4 members (excludes halogenated alkanes) is 1. The van der Waals surface area contributed by atoms with Crippen LogP contribution in [0.2, 0.25) is 0 Å². The Kier molecular flexibility index (Phi) is 6.22. The monoisotopic (exact) mass is 469 g/mol. The van der Waals surface area contributed by atoms with Crippen molar-refractivity contribution >= 4 is 11.1 Å². The Labute approximate surface area is 202 Å². The topological polar surface area (TPSA) is 115 Å². The van der Waals surface area contributed by atoms with E-state index in [0.717, 1.165) is 53.0 Å². The van der Waals surface area contributed by atoms with Crippen molar-refractivity contribution in [1.29, 1.82) is 0 Å². The first-order valence-corrected chi connectivity index (χ1v) is 11.9. The van der Waals surface area contributed by atoms with Crippen LogP contribution >= 0.6 is 0 Å². The van der Waals surface area contributed by atoms with Crippen LogP contribution in [0.25, 0.3) is 33.6 Å². The lowest BCUT2D eigenvalue weighted by molar-refractivity contribution is 0.436. The van der Waals surface area contributed by atoms with E-state index in [-0.39, 0.29) is 17.1 Å². The van der Waals surface area contributed by atoms with Crippen LogP contribution < -0.4 is 5.56 Å². The molecule has 3 heterocycles. The van der Waals surface area contributed by atoms with Gasteiger partial charge in [-0.15, -0.1) is 10.2 Å². The van der Waals surface area contributed by atoms with Crippen LogP contribution in [0.15, 0.2) is 57.8 Å². The van der Waals surface area contributed by atoms with Crippen molar-refractivity contribution in [3.05, 3.63) is 76.0 Å². The van der Waals surface area contributed by atoms with Crippen LogP contribution in [0.1, 0.15) is 56.6 Å². The van der Waals surface area contributed by atoms with Crippen LogP contribution in [-0.4, -0.2) is 35.3 Å². The Balaban J connectivity index is 1.50. The van der Waals surface area contributed by atoms with Gasteiger partial charge in [0, 0.05) is 17.9 Å². The second-order valence-corrected chi connectivity index (χ2v) is 8.90. The molecule has 35 heavy (non-hydrogen) atoms. The van der Waals surface area contributed by atoms with Crippen molar-refractivity contribution in [3.8, 4) is 22.5 Å². The van der Waals surface area contributed by atoms with Gasteiger partial charge in [-0.3, -0.25) is 9.36 Å². The molecule has 0 aliphatic rings. The Hall–Kier alpha value is -4.14. The zero-order valence-corrected chi connectivity index (χ0v) is 20.0. The SMILES string of the molecule is CCCCc1nc2c(C(C)C)noc2c(=O)n1Cc1ccc(-c2ccccc2-c2nn[nH]n2)cc1. The van der Waals surface area contributed by atoms with Crippen LogP contribution in [0.3, 0.4) is 0 Å². The number of benzene rings is 2. The van der Waals surface area contributed by atoms with Gasteiger partial charge in [0.05, 0.1) is 6.54 Å². The number of fused-ring (bicyclic) bond motifs is 1. The first-order chi connectivity index (χ1) is 17.1. The van der Waals surface area contributed by atoms with Crippen molar-refractivity contribution in [2.24, 2.45) is 0 Å². The fourth-order valence-corrected chi connectivity index (χ4v) is 4.22. The number of nitrogens with zero attached hydrogens (tertiary/aromatic N) is 6. The van der Waals surface area contributed by atoms with Crippen LogP contribution in [-0.2, 0) is 13.0 Å². The molecule has 0 saturated heterocycles. The lowest BCUT2D eigenvalue weighted by atomic mass is 9.98. The van der Waals surface area contributed by atoms with Crippen molar-refractivity contribution < 1.29 is 4.52 Å². The number of hydrogen-bond acceptors (Lipinski definition) is 7. The van der Waals surface area contributed by atoms with E-state index in [9.17, 15) is 4.79 Å². The molecule has 9 heteroatoms. The predicted octanol–water partition coefficient (Wildman–Crippen LogP) is 4.75. The molecule has 178 valence electrons. The molecule has 0 saturated carbocycles. The average Bonchev–Trinajstić information content (AvgIpc) is 3.56. The molecule has 5 rings (SSSR count). The number of rotatable bonds is 8. The average molecular weight is 470 g/mol. The zero-order chi connectivity index (χ0) is 24.4. The molecule has 0 spiro atoms. The lowest BCUT2D eigenvalue weighted by Gasteiger charge is -2.13. The smallest absolute Gasteiger partial charge is 0.300 e.